The predicted molar refractivity (Wildman–Crippen MR) is 133 cm³/mol. The first-order chi connectivity index (χ1) is 15.1. The molecular formula is C25H37ClN4S. The van der Waals surface area contributed by atoms with Crippen LogP contribution in [0.25, 0.3) is 0 Å². The van der Waals surface area contributed by atoms with E-state index in [0.29, 0.717) is 23.8 Å². The van der Waals surface area contributed by atoms with Gasteiger partial charge in [0.15, 0.2) is 0 Å². The van der Waals surface area contributed by atoms with Crippen LogP contribution in [0.15, 0.2) is 41.3 Å². The van der Waals surface area contributed by atoms with Crippen molar-refractivity contribution in [3.05, 3.63) is 52.0 Å². The van der Waals surface area contributed by atoms with Crippen LogP contribution in [0.2, 0.25) is 0 Å². The first-order valence-corrected chi connectivity index (χ1v) is 13.2. The van der Waals surface area contributed by atoms with Gasteiger partial charge >= 0.3 is 0 Å². The summed E-state index contributed by atoms with van der Waals surface area (Å²) in [4.78, 5) is 7.56. The zero-order valence-electron chi connectivity index (χ0n) is 18.9. The molecule has 1 fully saturated rings. The van der Waals surface area contributed by atoms with Crippen molar-refractivity contribution in [3.63, 3.8) is 0 Å². The SMILES string of the molecule is CC(C)[C@H](CN1CCC(C2=CCC(Cl)C=C2)CC1)NCc1csc(C2C=CCNC2)n1. The third-order valence-electron chi connectivity index (χ3n) is 6.82. The van der Waals surface area contributed by atoms with Crippen LogP contribution in [0, 0.1) is 11.8 Å². The van der Waals surface area contributed by atoms with Crippen LogP contribution in [0.4, 0.5) is 0 Å². The lowest BCUT2D eigenvalue weighted by Crippen LogP contribution is -2.46. The number of hydrogen-bond donors (Lipinski definition) is 2. The lowest BCUT2D eigenvalue weighted by atomic mass is 9.86. The highest BCUT2D eigenvalue weighted by molar-refractivity contribution is 7.09. The lowest BCUT2D eigenvalue weighted by Gasteiger charge is -2.36. The van der Waals surface area contributed by atoms with Crippen molar-refractivity contribution < 1.29 is 0 Å². The van der Waals surface area contributed by atoms with E-state index in [1.165, 1.54) is 42.2 Å². The summed E-state index contributed by atoms with van der Waals surface area (Å²) >= 11 is 7.98. The monoisotopic (exact) mass is 460 g/mol. The van der Waals surface area contributed by atoms with E-state index in [4.69, 9.17) is 16.6 Å². The minimum atomic E-state index is 0.186. The first kappa shape index (κ1) is 23.2. The van der Waals surface area contributed by atoms with Gasteiger partial charge in [0.1, 0.15) is 5.01 Å². The number of allylic oxidation sites excluding steroid dienone is 4. The van der Waals surface area contributed by atoms with Gasteiger partial charge in [0.05, 0.1) is 11.1 Å². The van der Waals surface area contributed by atoms with E-state index in [0.717, 1.165) is 32.6 Å². The Morgan fingerprint density at radius 3 is 2.81 bits per heavy atom. The Bertz CT molecular complexity index is 791. The van der Waals surface area contributed by atoms with Crippen LogP contribution in [0.1, 0.15) is 49.7 Å². The average molecular weight is 461 g/mol. The average Bonchev–Trinajstić information content (AvgIpc) is 3.27. The van der Waals surface area contributed by atoms with Crippen LogP contribution in [-0.4, -0.2) is 54.0 Å². The van der Waals surface area contributed by atoms with Gasteiger partial charge < -0.3 is 15.5 Å². The summed E-state index contributed by atoms with van der Waals surface area (Å²) in [6.45, 7) is 11.0. The molecule has 3 aliphatic rings. The highest BCUT2D eigenvalue weighted by Gasteiger charge is 2.25. The number of hydrogen-bond acceptors (Lipinski definition) is 5. The summed E-state index contributed by atoms with van der Waals surface area (Å²) in [5, 5.41) is 10.9. The minimum Gasteiger partial charge on any atom is -0.312 e. The fourth-order valence-corrected chi connectivity index (χ4v) is 5.81. The standard InChI is InChI=1S/C25H37ClN4S/c1-18(2)24(28-15-23-17-31-25(29-23)21-4-3-11-27-14-21)16-30-12-9-20(10-13-30)19-5-7-22(26)8-6-19/h3-7,17-18,20-22,24,27-28H,8-16H2,1-2H3/t21?,22?,24-/m0/s1. The third-order valence-corrected chi connectivity index (χ3v) is 8.17. The minimum absolute atomic E-state index is 0.186. The predicted octanol–water partition coefficient (Wildman–Crippen LogP) is 4.71. The summed E-state index contributed by atoms with van der Waals surface area (Å²) in [5.41, 5.74) is 2.69. The summed E-state index contributed by atoms with van der Waals surface area (Å²) in [6.07, 6.45) is 14.8. The smallest absolute Gasteiger partial charge is 0.101 e. The number of nitrogens with zero attached hydrogens (tertiary/aromatic N) is 2. The molecule has 1 aromatic heterocycles. The van der Waals surface area contributed by atoms with Crippen molar-refractivity contribution in [2.45, 2.75) is 57.0 Å². The number of halogens is 1. The third kappa shape index (κ3) is 6.52. The second-order valence-corrected chi connectivity index (χ2v) is 10.9. The first-order valence-electron chi connectivity index (χ1n) is 11.9. The molecule has 0 radical (unpaired) electrons. The number of nitrogens with one attached hydrogen (secondary N) is 2. The Morgan fingerprint density at radius 2 is 2.13 bits per heavy atom. The molecule has 170 valence electrons. The van der Waals surface area contributed by atoms with E-state index in [1.54, 1.807) is 11.3 Å². The highest BCUT2D eigenvalue weighted by atomic mass is 35.5. The second kappa shape index (κ2) is 11.2. The molecule has 4 nitrogen and oxygen atoms in total. The molecule has 3 heterocycles. The van der Waals surface area contributed by atoms with Crippen molar-refractivity contribution >= 4 is 22.9 Å². The maximum Gasteiger partial charge on any atom is 0.101 e. The molecule has 2 aliphatic heterocycles. The summed E-state index contributed by atoms with van der Waals surface area (Å²) < 4.78 is 0. The molecule has 0 spiro atoms. The Labute approximate surface area is 196 Å². The molecule has 0 bridgehead atoms. The van der Waals surface area contributed by atoms with Gasteiger partial charge in [0.25, 0.3) is 0 Å². The van der Waals surface area contributed by atoms with Crippen molar-refractivity contribution in [2.24, 2.45) is 11.8 Å². The normalized spacial score (nSPS) is 26.4. The quantitative estimate of drug-likeness (QED) is 0.435. The Hall–Kier alpha value is -0.980. The highest BCUT2D eigenvalue weighted by Crippen LogP contribution is 2.29. The molecule has 1 aliphatic carbocycles. The van der Waals surface area contributed by atoms with E-state index < -0.39 is 0 Å². The number of thiazole rings is 1. The fourth-order valence-electron chi connectivity index (χ4n) is 4.75. The fraction of sp³-hybridized carbons (Fsp3) is 0.640. The van der Waals surface area contributed by atoms with E-state index in [-0.39, 0.29) is 5.38 Å². The van der Waals surface area contributed by atoms with Gasteiger partial charge in [-0.05, 0) is 49.8 Å². The lowest BCUT2D eigenvalue weighted by molar-refractivity contribution is 0.166. The maximum absolute atomic E-state index is 6.19. The molecule has 2 N–H and O–H groups in total. The van der Waals surface area contributed by atoms with E-state index in [2.05, 4.69) is 65.1 Å². The molecule has 1 aromatic rings. The maximum atomic E-state index is 6.19. The Balaban J connectivity index is 1.24. The van der Waals surface area contributed by atoms with Crippen LogP contribution in [0.3, 0.4) is 0 Å². The van der Waals surface area contributed by atoms with Gasteiger partial charge in [-0.25, -0.2) is 4.98 Å². The second-order valence-electron chi connectivity index (χ2n) is 9.49. The topological polar surface area (TPSA) is 40.2 Å². The largest absolute Gasteiger partial charge is 0.312 e. The molecular weight excluding hydrogens is 424 g/mol. The summed E-state index contributed by atoms with van der Waals surface area (Å²) in [6, 6.07) is 0.490. The van der Waals surface area contributed by atoms with Crippen LogP contribution in [-0.2, 0) is 6.54 Å². The number of alkyl halides is 1. The summed E-state index contributed by atoms with van der Waals surface area (Å²) in [7, 11) is 0. The molecule has 2 unspecified atom stereocenters. The van der Waals surface area contributed by atoms with Crippen molar-refractivity contribution in [2.75, 3.05) is 32.7 Å². The molecule has 4 rings (SSSR count). The number of rotatable bonds is 8. The molecule has 31 heavy (non-hydrogen) atoms. The summed E-state index contributed by atoms with van der Waals surface area (Å²) in [5.74, 6) is 1.74. The zero-order chi connectivity index (χ0) is 21.6. The molecule has 3 atom stereocenters. The van der Waals surface area contributed by atoms with Crippen LogP contribution < -0.4 is 10.6 Å². The van der Waals surface area contributed by atoms with Gasteiger partial charge in [0, 0.05) is 43.5 Å². The number of piperidine rings is 1. The van der Waals surface area contributed by atoms with E-state index in [1.807, 2.05) is 0 Å². The zero-order valence-corrected chi connectivity index (χ0v) is 20.5. The van der Waals surface area contributed by atoms with Crippen LogP contribution >= 0.6 is 22.9 Å². The van der Waals surface area contributed by atoms with Gasteiger partial charge in [0.2, 0.25) is 0 Å². The molecule has 0 aromatic carbocycles. The van der Waals surface area contributed by atoms with Gasteiger partial charge in [-0.1, -0.05) is 44.2 Å². The van der Waals surface area contributed by atoms with E-state index >= 15 is 0 Å². The van der Waals surface area contributed by atoms with Gasteiger partial charge in [-0.15, -0.1) is 22.9 Å². The van der Waals surface area contributed by atoms with Crippen molar-refractivity contribution in [1.82, 2.24) is 20.5 Å². The van der Waals surface area contributed by atoms with Crippen molar-refractivity contribution in [3.8, 4) is 0 Å². The van der Waals surface area contributed by atoms with Crippen LogP contribution in [0.5, 0.6) is 0 Å². The number of likely N-dealkylation sites (tertiary alicyclic amines) is 1. The molecule has 6 heteroatoms. The molecule has 0 saturated carbocycles. The Morgan fingerprint density at radius 1 is 1.29 bits per heavy atom. The Kier molecular flexibility index (Phi) is 8.41. The van der Waals surface area contributed by atoms with Gasteiger partial charge in [-0.2, -0.15) is 0 Å². The molecule has 0 amide bonds. The van der Waals surface area contributed by atoms with Gasteiger partial charge in [-0.3, -0.25) is 0 Å². The number of aromatic nitrogens is 1. The molecule has 1 saturated heterocycles. The van der Waals surface area contributed by atoms with E-state index in [9.17, 15) is 0 Å². The van der Waals surface area contributed by atoms with Crippen molar-refractivity contribution in [1.29, 1.82) is 0 Å².